The maximum Gasteiger partial charge on any atom is 0.0667 e. The van der Waals surface area contributed by atoms with Gasteiger partial charge in [0.25, 0.3) is 0 Å². The maximum absolute atomic E-state index is 5.31. The van der Waals surface area contributed by atoms with E-state index in [4.69, 9.17) is 4.74 Å². The first-order valence-corrected chi connectivity index (χ1v) is 5.98. The van der Waals surface area contributed by atoms with Gasteiger partial charge in [-0.1, -0.05) is 18.2 Å². The zero-order chi connectivity index (χ0) is 11.0. The molecule has 0 radical (unpaired) electrons. The monoisotopic (exact) mass is 218 g/mol. The Morgan fingerprint density at radius 3 is 3.12 bits per heavy atom. The average Bonchev–Trinajstić information content (AvgIpc) is 2.79. The minimum atomic E-state index is 0.444. The first-order chi connectivity index (χ1) is 7.90. The number of fused-ring (bicyclic) bond motifs is 3. The van der Waals surface area contributed by atoms with Gasteiger partial charge in [0.2, 0.25) is 0 Å². The van der Waals surface area contributed by atoms with E-state index in [1.807, 2.05) is 0 Å². The van der Waals surface area contributed by atoms with Gasteiger partial charge in [0, 0.05) is 24.8 Å². The molecule has 0 aliphatic carbocycles. The van der Waals surface area contributed by atoms with Crippen LogP contribution in [0, 0.1) is 5.92 Å². The van der Waals surface area contributed by atoms with Crippen LogP contribution >= 0.6 is 0 Å². The van der Waals surface area contributed by atoms with E-state index >= 15 is 0 Å². The quantitative estimate of drug-likeness (QED) is 0.794. The number of nitrogens with one attached hydrogen (secondary N) is 2. The van der Waals surface area contributed by atoms with Crippen LogP contribution in [0.4, 0.5) is 5.69 Å². The number of hydrogen-bond acceptors (Lipinski definition) is 3. The number of anilines is 1. The Hall–Kier alpha value is -1.06. The Bertz CT molecular complexity index is 380. The molecule has 2 N–H and O–H groups in total. The second-order valence-corrected chi connectivity index (χ2v) is 4.68. The number of methoxy groups -OCH3 is 1. The molecule has 0 unspecified atom stereocenters. The van der Waals surface area contributed by atoms with E-state index in [2.05, 4.69) is 34.9 Å². The van der Waals surface area contributed by atoms with Crippen molar-refractivity contribution in [1.82, 2.24) is 5.32 Å². The molecule has 16 heavy (non-hydrogen) atoms. The molecule has 1 aromatic carbocycles. The standard InChI is InChI=1S/C13H18N2O/c1-16-8-12-10-6-7-14-13(10)9-4-2-3-5-11(9)15-12/h2-5,10,12-15H,6-8H2,1H3/t10-,12+,13+/m1/s1. The fourth-order valence-corrected chi connectivity index (χ4v) is 3.05. The Morgan fingerprint density at radius 1 is 1.38 bits per heavy atom. The molecule has 1 aromatic rings. The molecule has 2 aliphatic rings. The van der Waals surface area contributed by atoms with Gasteiger partial charge in [-0.3, -0.25) is 0 Å². The lowest BCUT2D eigenvalue weighted by Gasteiger charge is -2.36. The van der Waals surface area contributed by atoms with E-state index in [0.717, 1.165) is 13.2 Å². The molecule has 86 valence electrons. The molecule has 0 saturated carbocycles. The molecule has 3 nitrogen and oxygen atoms in total. The van der Waals surface area contributed by atoms with Gasteiger partial charge in [-0.05, 0) is 24.6 Å². The van der Waals surface area contributed by atoms with Gasteiger partial charge < -0.3 is 15.4 Å². The molecule has 1 fully saturated rings. The first kappa shape index (κ1) is 10.1. The third-order valence-electron chi connectivity index (χ3n) is 3.77. The third kappa shape index (κ3) is 1.51. The predicted octanol–water partition coefficient (Wildman–Crippen LogP) is 1.78. The smallest absolute Gasteiger partial charge is 0.0667 e. The van der Waals surface area contributed by atoms with Gasteiger partial charge in [0.1, 0.15) is 0 Å². The lowest BCUT2D eigenvalue weighted by atomic mass is 9.84. The molecule has 0 bridgehead atoms. The van der Waals surface area contributed by atoms with Gasteiger partial charge in [-0.2, -0.15) is 0 Å². The highest BCUT2D eigenvalue weighted by Gasteiger charge is 2.39. The molecule has 2 aliphatic heterocycles. The molecule has 2 heterocycles. The Labute approximate surface area is 96.2 Å². The van der Waals surface area contributed by atoms with Crippen molar-refractivity contribution in [1.29, 1.82) is 0 Å². The highest BCUT2D eigenvalue weighted by Crippen LogP contribution is 2.40. The Balaban J connectivity index is 1.95. The van der Waals surface area contributed by atoms with E-state index < -0.39 is 0 Å². The Morgan fingerprint density at radius 2 is 2.25 bits per heavy atom. The van der Waals surface area contributed by atoms with Crippen molar-refractivity contribution >= 4 is 5.69 Å². The summed E-state index contributed by atoms with van der Waals surface area (Å²) >= 11 is 0. The maximum atomic E-state index is 5.31. The van der Waals surface area contributed by atoms with Crippen LogP contribution in [0.2, 0.25) is 0 Å². The number of ether oxygens (including phenoxy) is 1. The molecule has 0 amide bonds. The largest absolute Gasteiger partial charge is 0.383 e. The van der Waals surface area contributed by atoms with E-state index in [9.17, 15) is 0 Å². The van der Waals surface area contributed by atoms with E-state index in [1.54, 1.807) is 7.11 Å². The summed E-state index contributed by atoms with van der Waals surface area (Å²) in [5, 5.41) is 7.21. The van der Waals surface area contributed by atoms with Crippen molar-refractivity contribution < 1.29 is 4.74 Å². The van der Waals surface area contributed by atoms with Crippen molar-refractivity contribution in [3.05, 3.63) is 29.8 Å². The van der Waals surface area contributed by atoms with E-state index in [1.165, 1.54) is 17.7 Å². The number of para-hydroxylation sites is 1. The fraction of sp³-hybridized carbons (Fsp3) is 0.538. The molecule has 3 atom stereocenters. The van der Waals surface area contributed by atoms with Crippen molar-refractivity contribution in [2.75, 3.05) is 25.6 Å². The number of rotatable bonds is 2. The normalized spacial score (nSPS) is 31.7. The van der Waals surface area contributed by atoms with Crippen LogP contribution in [0.5, 0.6) is 0 Å². The van der Waals surface area contributed by atoms with Crippen molar-refractivity contribution in [3.63, 3.8) is 0 Å². The summed E-state index contributed by atoms with van der Waals surface area (Å²) < 4.78 is 5.31. The fourth-order valence-electron chi connectivity index (χ4n) is 3.05. The van der Waals surface area contributed by atoms with Crippen LogP contribution < -0.4 is 10.6 Å². The van der Waals surface area contributed by atoms with Crippen molar-refractivity contribution in [2.24, 2.45) is 5.92 Å². The van der Waals surface area contributed by atoms with Crippen LogP contribution in [0.1, 0.15) is 18.0 Å². The van der Waals surface area contributed by atoms with E-state index in [-0.39, 0.29) is 0 Å². The topological polar surface area (TPSA) is 33.3 Å². The van der Waals surface area contributed by atoms with Crippen LogP contribution in [-0.4, -0.2) is 26.3 Å². The van der Waals surface area contributed by atoms with Crippen LogP contribution in [0.25, 0.3) is 0 Å². The van der Waals surface area contributed by atoms with Crippen LogP contribution in [-0.2, 0) is 4.74 Å². The summed E-state index contributed by atoms with van der Waals surface area (Å²) in [5.41, 5.74) is 2.68. The highest BCUT2D eigenvalue weighted by atomic mass is 16.5. The average molecular weight is 218 g/mol. The van der Waals surface area contributed by atoms with Crippen LogP contribution in [0.15, 0.2) is 24.3 Å². The molecular formula is C13H18N2O. The van der Waals surface area contributed by atoms with Crippen molar-refractivity contribution in [3.8, 4) is 0 Å². The summed E-state index contributed by atoms with van der Waals surface area (Å²) in [4.78, 5) is 0. The van der Waals surface area contributed by atoms with Gasteiger partial charge in [-0.15, -0.1) is 0 Å². The zero-order valence-electron chi connectivity index (χ0n) is 9.57. The van der Waals surface area contributed by atoms with Crippen LogP contribution in [0.3, 0.4) is 0 Å². The highest BCUT2D eigenvalue weighted by molar-refractivity contribution is 5.56. The SMILES string of the molecule is COC[C@@H]1Nc2ccccc2[C@@H]2NCC[C@H]12. The van der Waals surface area contributed by atoms with Crippen molar-refractivity contribution in [2.45, 2.75) is 18.5 Å². The minimum absolute atomic E-state index is 0.444. The van der Waals surface area contributed by atoms with Gasteiger partial charge in [0.05, 0.1) is 12.6 Å². The number of benzene rings is 1. The molecule has 0 aromatic heterocycles. The Kier molecular flexibility index (Phi) is 2.58. The molecule has 0 spiro atoms. The lowest BCUT2D eigenvalue weighted by molar-refractivity contribution is 0.158. The lowest BCUT2D eigenvalue weighted by Crippen LogP contribution is -2.40. The molecule has 3 heteroatoms. The summed E-state index contributed by atoms with van der Waals surface area (Å²) in [7, 11) is 1.78. The minimum Gasteiger partial charge on any atom is -0.383 e. The second-order valence-electron chi connectivity index (χ2n) is 4.68. The van der Waals surface area contributed by atoms with Gasteiger partial charge >= 0.3 is 0 Å². The summed E-state index contributed by atoms with van der Waals surface area (Å²) in [6.45, 7) is 1.91. The number of hydrogen-bond donors (Lipinski definition) is 2. The second kappa shape index (κ2) is 4.07. The first-order valence-electron chi connectivity index (χ1n) is 5.98. The summed E-state index contributed by atoms with van der Waals surface area (Å²) in [6, 6.07) is 9.55. The molecule has 3 rings (SSSR count). The summed E-state index contributed by atoms with van der Waals surface area (Å²) in [6.07, 6.45) is 1.24. The predicted molar refractivity (Wildman–Crippen MR) is 64.6 cm³/mol. The summed E-state index contributed by atoms with van der Waals surface area (Å²) in [5.74, 6) is 0.662. The third-order valence-corrected chi connectivity index (χ3v) is 3.77. The van der Waals surface area contributed by atoms with Gasteiger partial charge in [-0.25, -0.2) is 0 Å². The van der Waals surface area contributed by atoms with E-state index in [0.29, 0.717) is 18.0 Å². The molecular weight excluding hydrogens is 200 g/mol. The van der Waals surface area contributed by atoms with Gasteiger partial charge in [0.15, 0.2) is 0 Å². The molecule has 1 saturated heterocycles. The zero-order valence-corrected chi connectivity index (χ0v) is 9.57.